The molecule has 0 saturated heterocycles. The number of pyridine rings is 1. The molecule has 4 rings (SSSR count). The number of rotatable bonds is 4. The molecule has 0 spiro atoms. The lowest BCUT2D eigenvalue weighted by atomic mass is 10.1. The van der Waals surface area contributed by atoms with Gasteiger partial charge in [-0.2, -0.15) is 0 Å². The Morgan fingerprint density at radius 2 is 2.19 bits per heavy atom. The largest absolute Gasteiger partial charge is 0.512 e. The molecular formula is C18H16N8O. The van der Waals surface area contributed by atoms with E-state index in [-0.39, 0.29) is 11.6 Å². The Labute approximate surface area is 153 Å². The van der Waals surface area contributed by atoms with Gasteiger partial charge in [0.25, 0.3) is 0 Å². The van der Waals surface area contributed by atoms with Crippen molar-refractivity contribution in [2.75, 3.05) is 0 Å². The third-order valence-corrected chi connectivity index (χ3v) is 3.81. The van der Waals surface area contributed by atoms with Crippen LogP contribution in [0.1, 0.15) is 12.5 Å². The summed E-state index contributed by atoms with van der Waals surface area (Å²) in [6, 6.07) is 9.93. The fourth-order valence-corrected chi connectivity index (χ4v) is 2.68. The molecule has 0 fully saturated rings. The number of nitrogens with two attached hydrogens (primary N) is 1. The number of aromatic nitrogens is 6. The van der Waals surface area contributed by atoms with Crippen molar-refractivity contribution in [1.29, 1.82) is 0 Å². The minimum Gasteiger partial charge on any atom is -0.512 e. The Bertz CT molecular complexity index is 1190. The highest BCUT2D eigenvalue weighted by Crippen LogP contribution is 2.17. The van der Waals surface area contributed by atoms with Gasteiger partial charge in [-0.05, 0) is 30.7 Å². The van der Waals surface area contributed by atoms with Crippen molar-refractivity contribution in [1.82, 2.24) is 29.9 Å². The van der Waals surface area contributed by atoms with Gasteiger partial charge in [0, 0.05) is 17.7 Å². The average Bonchev–Trinajstić information content (AvgIpc) is 3.03. The highest BCUT2D eigenvalue weighted by molar-refractivity contribution is 5.93. The summed E-state index contributed by atoms with van der Waals surface area (Å²) in [7, 11) is 0. The van der Waals surface area contributed by atoms with E-state index in [2.05, 4.69) is 36.3 Å². The first-order valence-electron chi connectivity index (χ1n) is 8.20. The molecule has 0 aliphatic heterocycles. The van der Waals surface area contributed by atoms with E-state index in [0.717, 1.165) is 16.5 Å². The van der Waals surface area contributed by atoms with Crippen LogP contribution in [-0.4, -0.2) is 40.9 Å². The summed E-state index contributed by atoms with van der Waals surface area (Å²) in [4.78, 5) is 17.1. The van der Waals surface area contributed by atoms with E-state index in [1.165, 1.54) is 19.2 Å². The van der Waals surface area contributed by atoms with E-state index in [9.17, 15) is 5.11 Å². The van der Waals surface area contributed by atoms with Crippen molar-refractivity contribution in [3.63, 3.8) is 0 Å². The second-order valence-electron chi connectivity index (χ2n) is 5.98. The van der Waals surface area contributed by atoms with Gasteiger partial charge in [-0.15, -0.1) is 5.10 Å². The number of aliphatic imine (C=N–C) groups is 1. The highest BCUT2D eigenvalue weighted by Gasteiger charge is 2.10. The van der Waals surface area contributed by atoms with E-state index in [0.29, 0.717) is 23.7 Å². The molecule has 134 valence electrons. The van der Waals surface area contributed by atoms with Crippen molar-refractivity contribution in [2.45, 2.75) is 13.5 Å². The van der Waals surface area contributed by atoms with Gasteiger partial charge in [0.05, 0.1) is 24.0 Å². The van der Waals surface area contributed by atoms with Crippen LogP contribution in [0.15, 0.2) is 59.6 Å². The van der Waals surface area contributed by atoms with E-state index >= 15 is 0 Å². The second-order valence-corrected chi connectivity index (χ2v) is 5.98. The van der Waals surface area contributed by atoms with Crippen molar-refractivity contribution in [3.8, 4) is 0 Å². The number of nitrogens with zero attached hydrogens (tertiary/aromatic N) is 7. The molecule has 0 saturated carbocycles. The Morgan fingerprint density at radius 3 is 3.04 bits per heavy atom. The summed E-state index contributed by atoms with van der Waals surface area (Å²) in [6.45, 7) is 1.99. The Balaban J connectivity index is 1.69. The minimum atomic E-state index is 0.0581. The average molecular weight is 360 g/mol. The van der Waals surface area contributed by atoms with Gasteiger partial charge in [0.1, 0.15) is 5.84 Å². The van der Waals surface area contributed by atoms with Crippen molar-refractivity contribution < 1.29 is 5.11 Å². The Hall–Kier alpha value is -3.88. The highest BCUT2D eigenvalue weighted by atomic mass is 16.3. The number of benzene rings is 1. The van der Waals surface area contributed by atoms with Gasteiger partial charge in [-0.25, -0.2) is 19.6 Å². The molecule has 0 bridgehead atoms. The predicted molar refractivity (Wildman–Crippen MR) is 102 cm³/mol. The van der Waals surface area contributed by atoms with Crippen LogP contribution in [0.5, 0.6) is 0 Å². The summed E-state index contributed by atoms with van der Waals surface area (Å²) in [6.07, 6.45) is 4.56. The number of allylic oxidation sites excluding steroid dienone is 1. The predicted octanol–water partition coefficient (Wildman–Crippen LogP) is 2.27. The van der Waals surface area contributed by atoms with E-state index in [4.69, 9.17) is 5.73 Å². The van der Waals surface area contributed by atoms with Crippen LogP contribution in [0.3, 0.4) is 0 Å². The fourth-order valence-electron chi connectivity index (χ4n) is 2.68. The molecule has 0 radical (unpaired) electrons. The monoisotopic (exact) mass is 360 g/mol. The van der Waals surface area contributed by atoms with Crippen molar-refractivity contribution in [2.24, 2.45) is 10.7 Å². The quantitative estimate of drug-likeness (QED) is 0.324. The molecule has 0 atom stereocenters. The molecule has 0 aliphatic rings. The number of aliphatic hydroxyl groups excluding tert-OH is 1. The smallest absolute Gasteiger partial charge is 0.221 e. The third-order valence-electron chi connectivity index (χ3n) is 3.81. The molecule has 0 amide bonds. The molecular weight excluding hydrogens is 344 g/mol. The molecule has 1 aromatic carbocycles. The number of aliphatic hydroxyl groups is 1. The number of fused-ring (bicyclic) bond motifs is 2. The summed E-state index contributed by atoms with van der Waals surface area (Å²) in [5, 5.41) is 18.5. The molecule has 27 heavy (non-hydrogen) atoms. The maximum Gasteiger partial charge on any atom is 0.221 e. The number of hydrogen-bond acceptors (Lipinski definition) is 7. The van der Waals surface area contributed by atoms with Crippen LogP contribution in [0.25, 0.3) is 22.2 Å². The zero-order valence-corrected chi connectivity index (χ0v) is 14.5. The number of amidine groups is 1. The Morgan fingerprint density at radius 1 is 1.30 bits per heavy atom. The first-order valence-corrected chi connectivity index (χ1v) is 8.20. The lowest BCUT2D eigenvalue weighted by Crippen LogP contribution is -2.08. The van der Waals surface area contributed by atoms with E-state index in [1.54, 1.807) is 10.9 Å². The van der Waals surface area contributed by atoms with Gasteiger partial charge >= 0.3 is 0 Å². The second kappa shape index (κ2) is 6.79. The van der Waals surface area contributed by atoms with Crippen LogP contribution < -0.4 is 5.73 Å². The maximum atomic E-state index is 9.26. The zero-order valence-electron chi connectivity index (χ0n) is 14.5. The Kier molecular flexibility index (Phi) is 4.17. The normalized spacial score (nSPS) is 12.8. The standard InChI is InChI=1S/C18H16N8O/c1-11(27)7-15(19)22-16-9-21-17-18(23-16)26(25-24-17)10-12-4-5-14-13(8-12)3-2-6-20-14/h2-9,27H,10H2,1H3,(H2,19,22,23)/b11-7-. The van der Waals surface area contributed by atoms with Gasteiger partial charge in [0.15, 0.2) is 11.5 Å². The van der Waals surface area contributed by atoms with Crippen LogP contribution in [0.4, 0.5) is 5.82 Å². The van der Waals surface area contributed by atoms with Crippen LogP contribution in [0.2, 0.25) is 0 Å². The van der Waals surface area contributed by atoms with Gasteiger partial charge in [-0.3, -0.25) is 4.98 Å². The van der Waals surface area contributed by atoms with Gasteiger partial charge in [0.2, 0.25) is 5.65 Å². The first kappa shape index (κ1) is 16.6. The lowest BCUT2D eigenvalue weighted by Gasteiger charge is -2.04. The first-order chi connectivity index (χ1) is 13.1. The molecule has 9 heteroatoms. The molecule has 9 nitrogen and oxygen atoms in total. The van der Waals surface area contributed by atoms with Crippen molar-refractivity contribution in [3.05, 3.63) is 60.1 Å². The molecule has 3 N–H and O–H groups in total. The summed E-state index contributed by atoms with van der Waals surface area (Å²) in [5.74, 6) is 0.497. The van der Waals surface area contributed by atoms with Crippen LogP contribution in [0, 0.1) is 0 Å². The summed E-state index contributed by atoms with van der Waals surface area (Å²) in [5.41, 5.74) is 8.63. The molecule has 3 aromatic heterocycles. The molecule has 0 aliphatic carbocycles. The van der Waals surface area contributed by atoms with Crippen LogP contribution in [-0.2, 0) is 6.54 Å². The third kappa shape index (κ3) is 3.56. The van der Waals surface area contributed by atoms with E-state index in [1.807, 2.05) is 24.3 Å². The molecule has 3 heterocycles. The van der Waals surface area contributed by atoms with Gasteiger partial charge in [-0.1, -0.05) is 17.3 Å². The number of hydrogen-bond donors (Lipinski definition) is 2. The van der Waals surface area contributed by atoms with Crippen LogP contribution >= 0.6 is 0 Å². The minimum absolute atomic E-state index is 0.0581. The fraction of sp³-hybridized carbons (Fsp3) is 0.111. The zero-order chi connectivity index (χ0) is 18.8. The molecule has 4 aromatic rings. The lowest BCUT2D eigenvalue weighted by molar-refractivity contribution is 0.415. The van der Waals surface area contributed by atoms with E-state index < -0.39 is 0 Å². The van der Waals surface area contributed by atoms with Gasteiger partial charge < -0.3 is 10.8 Å². The maximum absolute atomic E-state index is 9.26. The summed E-state index contributed by atoms with van der Waals surface area (Å²) < 4.78 is 1.65. The summed E-state index contributed by atoms with van der Waals surface area (Å²) >= 11 is 0. The molecule has 0 unspecified atom stereocenters. The topological polar surface area (TPSA) is 128 Å². The van der Waals surface area contributed by atoms with Crippen molar-refractivity contribution >= 4 is 33.9 Å². The SMILES string of the molecule is C/C(O)=C/C(N)=Nc1cnc2nnn(Cc3ccc4ncccc4c3)c2n1.